The van der Waals surface area contributed by atoms with E-state index in [9.17, 15) is 0 Å². The Morgan fingerprint density at radius 1 is 0.667 bits per heavy atom. The lowest BCUT2D eigenvalue weighted by atomic mass is 9.48. The van der Waals surface area contributed by atoms with Gasteiger partial charge in [0.1, 0.15) is 0 Å². The summed E-state index contributed by atoms with van der Waals surface area (Å²) in [5.41, 5.74) is 4.40. The molecule has 4 rings (SSSR count). The SMILES string of the molecule is CCCCCCCCCCCCCCCCCCN1CC2C(S1)C1(C)CCC2(C)C(C)=C1C. The topological polar surface area (TPSA) is 3.24 Å². The summed E-state index contributed by atoms with van der Waals surface area (Å²) in [7, 11) is 0. The standard InChI is InChI=1S/C31H57NS/c1-6-7-8-9-10-11-12-13-14-15-16-17-18-19-20-21-24-32-25-28-29(33-32)31(5)23-22-30(28,4)26(2)27(31)3/h28-29H,6-25H2,1-5H3. The first-order valence-electron chi connectivity index (χ1n) is 15.0. The third-order valence-corrected chi connectivity index (χ3v) is 11.9. The summed E-state index contributed by atoms with van der Waals surface area (Å²) in [6, 6.07) is 0. The molecule has 0 N–H and O–H groups in total. The van der Waals surface area contributed by atoms with Crippen LogP contribution in [0, 0.1) is 16.7 Å². The summed E-state index contributed by atoms with van der Waals surface area (Å²) >= 11 is 2.25. The van der Waals surface area contributed by atoms with Gasteiger partial charge in [-0.1, -0.05) is 140 Å². The highest BCUT2D eigenvalue weighted by molar-refractivity contribution is 7.98. The number of fused-ring (bicyclic) bond motifs is 1. The van der Waals surface area contributed by atoms with E-state index in [-0.39, 0.29) is 0 Å². The zero-order chi connectivity index (χ0) is 23.7. The second-order valence-electron chi connectivity index (χ2n) is 12.4. The van der Waals surface area contributed by atoms with Crippen LogP contribution in [-0.2, 0) is 0 Å². The smallest absolute Gasteiger partial charge is 0.0335 e. The normalized spacial score (nSPS) is 31.5. The van der Waals surface area contributed by atoms with Crippen LogP contribution in [0.25, 0.3) is 0 Å². The van der Waals surface area contributed by atoms with Crippen LogP contribution in [0.5, 0.6) is 0 Å². The first kappa shape index (κ1) is 27.6. The maximum Gasteiger partial charge on any atom is 0.0335 e. The lowest BCUT2D eigenvalue weighted by Gasteiger charge is -2.58. The van der Waals surface area contributed by atoms with Gasteiger partial charge in [0.15, 0.2) is 0 Å². The van der Waals surface area contributed by atoms with Gasteiger partial charge in [-0.05, 0) is 44.4 Å². The van der Waals surface area contributed by atoms with E-state index in [0.29, 0.717) is 10.8 Å². The second kappa shape index (κ2) is 13.4. The number of rotatable bonds is 17. The van der Waals surface area contributed by atoms with E-state index < -0.39 is 0 Å². The number of allylic oxidation sites excluding steroid dienone is 2. The van der Waals surface area contributed by atoms with Gasteiger partial charge in [0, 0.05) is 23.8 Å². The van der Waals surface area contributed by atoms with Crippen LogP contribution in [0.1, 0.15) is 150 Å². The van der Waals surface area contributed by atoms with Crippen molar-refractivity contribution >= 4 is 11.9 Å². The molecule has 4 atom stereocenters. The molecule has 0 aromatic heterocycles. The second-order valence-corrected chi connectivity index (χ2v) is 13.6. The quantitative estimate of drug-likeness (QED) is 0.117. The number of hydrogen-bond acceptors (Lipinski definition) is 2. The van der Waals surface area contributed by atoms with E-state index in [0.717, 1.165) is 11.2 Å². The Morgan fingerprint density at radius 3 is 1.61 bits per heavy atom. The van der Waals surface area contributed by atoms with Gasteiger partial charge >= 0.3 is 0 Å². The Hall–Kier alpha value is 0.0500. The first-order chi connectivity index (χ1) is 15.9. The fourth-order valence-corrected chi connectivity index (χ4v) is 9.10. The largest absolute Gasteiger partial charge is 0.250 e. The molecular formula is C31H57NS. The van der Waals surface area contributed by atoms with Crippen molar-refractivity contribution in [2.75, 3.05) is 13.1 Å². The molecule has 0 radical (unpaired) electrons. The minimum atomic E-state index is 0.459. The van der Waals surface area contributed by atoms with Crippen molar-refractivity contribution in [3.63, 3.8) is 0 Å². The van der Waals surface area contributed by atoms with Gasteiger partial charge in [0.25, 0.3) is 0 Å². The van der Waals surface area contributed by atoms with Crippen LogP contribution in [0.2, 0.25) is 0 Å². The fourth-order valence-electron chi connectivity index (χ4n) is 7.24. The van der Waals surface area contributed by atoms with E-state index in [1.165, 1.54) is 129 Å². The molecule has 2 heteroatoms. The van der Waals surface area contributed by atoms with Crippen molar-refractivity contribution in [2.24, 2.45) is 16.7 Å². The third-order valence-electron chi connectivity index (χ3n) is 10.2. The van der Waals surface area contributed by atoms with Gasteiger partial charge in [-0.3, -0.25) is 0 Å². The third kappa shape index (κ3) is 6.84. The van der Waals surface area contributed by atoms with Crippen molar-refractivity contribution in [2.45, 2.75) is 155 Å². The van der Waals surface area contributed by atoms with Gasteiger partial charge < -0.3 is 0 Å². The average Bonchev–Trinajstić information content (AvgIpc) is 3.26. The Bertz CT molecular complexity index is 578. The van der Waals surface area contributed by atoms with Gasteiger partial charge in [-0.15, -0.1) is 0 Å². The lowest BCUT2D eigenvalue weighted by molar-refractivity contribution is 0.0614. The van der Waals surface area contributed by atoms with Gasteiger partial charge in [0.2, 0.25) is 0 Å². The summed E-state index contributed by atoms with van der Waals surface area (Å²) < 4.78 is 2.77. The van der Waals surface area contributed by atoms with Crippen LogP contribution in [0.4, 0.5) is 0 Å². The van der Waals surface area contributed by atoms with Crippen LogP contribution in [0.3, 0.4) is 0 Å². The summed E-state index contributed by atoms with van der Waals surface area (Å²) in [5.74, 6) is 0.881. The summed E-state index contributed by atoms with van der Waals surface area (Å²) in [6.07, 6.45) is 26.2. The molecule has 0 aromatic rings. The summed E-state index contributed by atoms with van der Waals surface area (Å²) in [5, 5.41) is 0.834. The summed E-state index contributed by atoms with van der Waals surface area (Å²) in [4.78, 5) is 0. The molecule has 1 saturated carbocycles. The van der Waals surface area contributed by atoms with Gasteiger partial charge in [-0.25, -0.2) is 4.31 Å². The lowest BCUT2D eigenvalue weighted by Crippen LogP contribution is -2.53. The molecule has 3 aliphatic carbocycles. The molecule has 192 valence electrons. The summed E-state index contributed by atoms with van der Waals surface area (Å²) in [6.45, 7) is 15.0. The molecule has 4 unspecified atom stereocenters. The molecule has 0 aromatic carbocycles. The van der Waals surface area contributed by atoms with Crippen LogP contribution in [0.15, 0.2) is 11.1 Å². The molecule has 1 nitrogen and oxygen atoms in total. The minimum Gasteiger partial charge on any atom is -0.250 e. The van der Waals surface area contributed by atoms with Gasteiger partial charge in [0.05, 0.1) is 0 Å². The molecule has 4 aliphatic rings. The Morgan fingerprint density at radius 2 is 1.09 bits per heavy atom. The Kier molecular flexibility index (Phi) is 11.2. The van der Waals surface area contributed by atoms with E-state index in [4.69, 9.17) is 0 Å². The zero-order valence-electron chi connectivity index (χ0n) is 23.2. The highest BCUT2D eigenvalue weighted by Gasteiger charge is 2.61. The minimum absolute atomic E-state index is 0.459. The maximum absolute atomic E-state index is 2.77. The van der Waals surface area contributed by atoms with Crippen LogP contribution >= 0.6 is 11.9 Å². The van der Waals surface area contributed by atoms with Crippen molar-refractivity contribution < 1.29 is 0 Å². The Labute approximate surface area is 212 Å². The van der Waals surface area contributed by atoms with Crippen molar-refractivity contribution in [1.82, 2.24) is 4.31 Å². The van der Waals surface area contributed by atoms with Crippen molar-refractivity contribution in [1.29, 1.82) is 0 Å². The average molecular weight is 476 g/mol. The monoisotopic (exact) mass is 475 g/mol. The van der Waals surface area contributed by atoms with Crippen LogP contribution in [-0.4, -0.2) is 22.6 Å². The zero-order valence-corrected chi connectivity index (χ0v) is 24.0. The molecule has 0 amide bonds. The fraction of sp³-hybridized carbons (Fsp3) is 0.935. The predicted octanol–water partition coefficient (Wildman–Crippen LogP) is 10.4. The van der Waals surface area contributed by atoms with E-state index in [1.807, 2.05) is 0 Å². The number of nitrogens with zero attached hydrogens (tertiary/aromatic N) is 1. The molecule has 33 heavy (non-hydrogen) atoms. The van der Waals surface area contributed by atoms with E-state index in [1.54, 1.807) is 11.1 Å². The van der Waals surface area contributed by atoms with E-state index >= 15 is 0 Å². The number of unbranched alkanes of at least 4 members (excludes halogenated alkanes) is 15. The molecule has 2 bridgehead atoms. The van der Waals surface area contributed by atoms with Crippen LogP contribution < -0.4 is 0 Å². The first-order valence-corrected chi connectivity index (χ1v) is 15.9. The molecular weight excluding hydrogens is 418 g/mol. The molecule has 0 spiro atoms. The molecule has 1 aliphatic heterocycles. The molecule has 2 fully saturated rings. The van der Waals surface area contributed by atoms with Crippen molar-refractivity contribution in [3.8, 4) is 0 Å². The predicted molar refractivity (Wildman–Crippen MR) is 150 cm³/mol. The van der Waals surface area contributed by atoms with Crippen molar-refractivity contribution in [3.05, 3.63) is 11.1 Å². The Balaban J connectivity index is 1.16. The maximum atomic E-state index is 2.77. The molecule has 1 saturated heterocycles. The number of hydrogen-bond donors (Lipinski definition) is 0. The van der Waals surface area contributed by atoms with E-state index in [2.05, 4.69) is 50.9 Å². The van der Waals surface area contributed by atoms with Gasteiger partial charge in [-0.2, -0.15) is 0 Å². The highest BCUT2D eigenvalue weighted by Crippen LogP contribution is 2.67. The molecule has 1 heterocycles. The highest BCUT2D eigenvalue weighted by atomic mass is 32.2.